The summed E-state index contributed by atoms with van der Waals surface area (Å²) in [5.41, 5.74) is 1.43. The molecule has 0 aromatic heterocycles. The van der Waals surface area contributed by atoms with Gasteiger partial charge in [-0.1, -0.05) is 23.7 Å². The molecule has 0 bridgehead atoms. The van der Waals surface area contributed by atoms with Gasteiger partial charge in [-0.2, -0.15) is 0 Å². The Bertz CT molecular complexity index is 681. The van der Waals surface area contributed by atoms with E-state index in [2.05, 4.69) is 5.32 Å². The molecule has 5 heteroatoms. The monoisotopic (exact) mass is 317 g/mol. The van der Waals surface area contributed by atoms with E-state index in [4.69, 9.17) is 21.1 Å². The van der Waals surface area contributed by atoms with E-state index in [1.807, 2.05) is 12.1 Å². The van der Waals surface area contributed by atoms with Gasteiger partial charge in [0.25, 0.3) is 0 Å². The normalized spacial score (nSPS) is 10.5. The Hall–Kier alpha value is -2.46. The Morgan fingerprint density at radius 2 is 1.82 bits per heavy atom. The Kier molecular flexibility index (Phi) is 5.44. The summed E-state index contributed by atoms with van der Waals surface area (Å²) in [7, 11) is 3.13. The molecule has 0 aliphatic heterocycles. The van der Waals surface area contributed by atoms with Crippen LogP contribution in [0.2, 0.25) is 5.02 Å². The fraction of sp³-hybridized carbons (Fsp3) is 0.118. The first-order valence-electron chi connectivity index (χ1n) is 6.59. The summed E-state index contributed by atoms with van der Waals surface area (Å²) < 4.78 is 10.5. The quantitative estimate of drug-likeness (QED) is 0.848. The zero-order valence-electron chi connectivity index (χ0n) is 12.3. The van der Waals surface area contributed by atoms with Crippen molar-refractivity contribution < 1.29 is 14.3 Å². The molecule has 22 heavy (non-hydrogen) atoms. The first kappa shape index (κ1) is 15.9. The molecule has 0 radical (unpaired) electrons. The summed E-state index contributed by atoms with van der Waals surface area (Å²) in [4.78, 5) is 11.9. The van der Waals surface area contributed by atoms with Gasteiger partial charge in [-0.05, 0) is 36.4 Å². The van der Waals surface area contributed by atoms with Gasteiger partial charge in [-0.25, -0.2) is 0 Å². The number of hydrogen-bond donors (Lipinski definition) is 1. The van der Waals surface area contributed by atoms with Crippen LogP contribution >= 0.6 is 11.6 Å². The third-order valence-electron chi connectivity index (χ3n) is 2.96. The fourth-order valence-electron chi connectivity index (χ4n) is 1.93. The number of hydrogen-bond acceptors (Lipinski definition) is 3. The van der Waals surface area contributed by atoms with E-state index < -0.39 is 0 Å². The molecule has 0 saturated heterocycles. The highest BCUT2D eigenvalue weighted by atomic mass is 35.5. The third-order valence-corrected chi connectivity index (χ3v) is 3.21. The van der Waals surface area contributed by atoms with Crippen LogP contribution in [0.15, 0.2) is 48.5 Å². The van der Waals surface area contributed by atoms with Crippen LogP contribution in [-0.4, -0.2) is 20.1 Å². The number of methoxy groups -OCH3 is 2. The lowest BCUT2D eigenvalue weighted by molar-refractivity contribution is -0.111. The first-order valence-corrected chi connectivity index (χ1v) is 6.97. The lowest BCUT2D eigenvalue weighted by Crippen LogP contribution is -2.07. The maximum atomic E-state index is 11.9. The molecule has 0 heterocycles. The van der Waals surface area contributed by atoms with Crippen LogP contribution in [0.1, 0.15) is 5.56 Å². The molecule has 0 saturated carbocycles. The van der Waals surface area contributed by atoms with E-state index >= 15 is 0 Å². The summed E-state index contributed by atoms with van der Waals surface area (Å²) in [5, 5.41) is 3.37. The van der Waals surface area contributed by atoms with Crippen LogP contribution in [0.25, 0.3) is 6.08 Å². The zero-order valence-corrected chi connectivity index (χ0v) is 13.1. The average Bonchev–Trinajstić information content (AvgIpc) is 2.54. The first-order chi connectivity index (χ1) is 10.6. The molecule has 0 unspecified atom stereocenters. The highest BCUT2D eigenvalue weighted by Crippen LogP contribution is 2.31. The minimum absolute atomic E-state index is 0.243. The second-order valence-corrected chi connectivity index (χ2v) is 4.85. The molecule has 2 aromatic rings. The maximum absolute atomic E-state index is 11.9. The molecule has 0 aliphatic carbocycles. The van der Waals surface area contributed by atoms with E-state index in [0.717, 1.165) is 5.56 Å². The Labute approximate surface area is 134 Å². The van der Waals surface area contributed by atoms with Gasteiger partial charge in [0, 0.05) is 22.3 Å². The second kappa shape index (κ2) is 7.52. The number of carbonyl (C=O) groups excluding carboxylic acids is 1. The summed E-state index contributed by atoms with van der Waals surface area (Å²) >= 11 is 5.80. The number of benzene rings is 2. The smallest absolute Gasteiger partial charge is 0.248 e. The Morgan fingerprint density at radius 3 is 2.45 bits per heavy atom. The largest absolute Gasteiger partial charge is 0.493 e. The summed E-state index contributed by atoms with van der Waals surface area (Å²) in [6.45, 7) is 0. The molecule has 114 valence electrons. The van der Waals surface area contributed by atoms with Crippen molar-refractivity contribution in [1.29, 1.82) is 0 Å². The van der Waals surface area contributed by atoms with Crippen LogP contribution in [0.4, 0.5) is 5.69 Å². The van der Waals surface area contributed by atoms with Gasteiger partial charge in [0.15, 0.2) is 11.5 Å². The third kappa shape index (κ3) is 4.02. The zero-order chi connectivity index (χ0) is 15.9. The van der Waals surface area contributed by atoms with Crippen molar-refractivity contribution in [2.45, 2.75) is 0 Å². The fourth-order valence-corrected chi connectivity index (χ4v) is 2.05. The second-order valence-electron chi connectivity index (χ2n) is 4.41. The molecule has 0 aliphatic rings. The van der Waals surface area contributed by atoms with Gasteiger partial charge >= 0.3 is 0 Å². The molecule has 1 amide bonds. The van der Waals surface area contributed by atoms with Crippen molar-refractivity contribution in [3.63, 3.8) is 0 Å². The van der Waals surface area contributed by atoms with Crippen molar-refractivity contribution in [1.82, 2.24) is 0 Å². The molecule has 2 rings (SSSR count). The van der Waals surface area contributed by atoms with Gasteiger partial charge in [0.1, 0.15) is 0 Å². The minimum atomic E-state index is -0.243. The number of nitrogens with one attached hydrogen (secondary N) is 1. The Morgan fingerprint density at radius 1 is 1.09 bits per heavy atom. The average molecular weight is 318 g/mol. The Balaban J connectivity index is 2.11. The van der Waals surface area contributed by atoms with Crippen LogP contribution in [0, 0.1) is 0 Å². The van der Waals surface area contributed by atoms with Crippen LogP contribution in [-0.2, 0) is 4.79 Å². The molecule has 0 fully saturated rings. The number of amides is 1. The molecule has 0 atom stereocenters. The number of carbonyl (C=O) groups is 1. The van der Waals surface area contributed by atoms with Gasteiger partial charge in [0.2, 0.25) is 5.91 Å². The summed E-state index contributed by atoms with van der Waals surface area (Å²) in [5.74, 6) is 0.954. The van der Waals surface area contributed by atoms with Crippen molar-refractivity contribution in [3.05, 3.63) is 59.1 Å². The lowest BCUT2D eigenvalue weighted by Gasteiger charge is -2.09. The van der Waals surface area contributed by atoms with Crippen LogP contribution in [0.5, 0.6) is 11.5 Å². The maximum Gasteiger partial charge on any atom is 0.248 e. The van der Waals surface area contributed by atoms with Gasteiger partial charge in [0.05, 0.1) is 14.2 Å². The predicted octanol–water partition coefficient (Wildman–Crippen LogP) is 4.01. The minimum Gasteiger partial charge on any atom is -0.493 e. The number of rotatable bonds is 5. The SMILES string of the molecule is COc1cccc(/C=C/C(=O)Nc2ccc(Cl)cc2)c1OC. The van der Waals surface area contributed by atoms with E-state index in [9.17, 15) is 4.79 Å². The van der Waals surface area contributed by atoms with Gasteiger partial charge in [-0.3, -0.25) is 4.79 Å². The molecular formula is C17H16ClNO3. The molecular weight excluding hydrogens is 302 g/mol. The number of halogens is 1. The standard InChI is InChI=1S/C17H16ClNO3/c1-21-15-5-3-4-12(17(15)22-2)6-11-16(20)19-14-9-7-13(18)8-10-14/h3-11H,1-2H3,(H,19,20)/b11-6+. The van der Waals surface area contributed by atoms with Gasteiger partial charge < -0.3 is 14.8 Å². The lowest BCUT2D eigenvalue weighted by atomic mass is 10.1. The van der Waals surface area contributed by atoms with Gasteiger partial charge in [-0.15, -0.1) is 0 Å². The highest BCUT2D eigenvalue weighted by Gasteiger charge is 2.07. The number of anilines is 1. The van der Waals surface area contributed by atoms with Crippen LogP contribution in [0.3, 0.4) is 0 Å². The van der Waals surface area contributed by atoms with E-state index in [1.165, 1.54) is 6.08 Å². The van der Waals surface area contributed by atoms with E-state index in [1.54, 1.807) is 50.6 Å². The molecule has 1 N–H and O–H groups in total. The van der Waals surface area contributed by atoms with Crippen molar-refractivity contribution >= 4 is 29.3 Å². The molecule has 2 aromatic carbocycles. The van der Waals surface area contributed by atoms with Crippen molar-refractivity contribution in [3.8, 4) is 11.5 Å². The highest BCUT2D eigenvalue weighted by molar-refractivity contribution is 6.30. The predicted molar refractivity (Wildman–Crippen MR) is 88.7 cm³/mol. The molecule has 4 nitrogen and oxygen atoms in total. The van der Waals surface area contributed by atoms with E-state index in [0.29, 0.717) is 22.2 Å². The molecule has 0 spiro atoms. The number of para-hydroxylation sites is 1. The van der Waals surface area contributed by atoms with Crippen molar-refractivity contribution in [2.24, 2.45) is 0 Å². The van der Waals surface area contributed by atoms with Crippen LogP contribution < -0.4 is 14.8 Å². The van der Waals surface area contributed by atoms with Crippen molar-refractivity contribution in [2.75, 3.05) is 19.5 Å². The topological polar surface area (TPSA) is 47.6 Å². The summed E-state index contributed by atoms with van der Waals surface area (Å²) in [6, 6.07) is 12.4. The number of ether oxygens (including phenoxy) is 2. The van der Waals surface area contributed by atoms with E-state index in [-0.39, 0.29) is 5.91 Å². The summed E-state index contributed by atoms with van der Waals surface area (Å²) in [6.07, 6.45) is 3.11.